The molecule has 0 saturated carbocycles. The summed E-state index contributed by atoms with van der Waals surface area (Å²) in [7, 11) is -1.59. The number of benzene rings is 1. The van der Waals surface area contributed by atoms with Crippen LogP contribution in [0.4, 0.5) is 5.69 Å². The summed E-state index contributed by atoms with van der Waals surface area (Å²) in [6.45, 7) is 3.68. The summed E-state index contributed by atoms with van der Waals surface area (Å²) in [4.78, 5) is 17.0. The molecule has 1 fully saturated rings. The number of anilines is 1. The van der Waals surface area contributed by atoms with E-state index in [2.05, 4.69) is 5.10 Å². The summed E-state index contributed by atoms with van der Waals surface area (Å²) in [5.41, 5.74) is 2.64. The molecule has 3 aromatic rings. The molecule has 0 unspecified atom stereocenters. The van der Waals surface area contributed by atoms with Crippen LogP contribution in [0, 0.1) is 6.92 Å². The van der Waals surface area contributed by atoms with Gasteiger partial charge in [-0.2, -0.15) is 9.40 Å². The minimum absolute atomic E-state index is 0.0408. The predicted molar refractivity (Wildman–Crippen MR) is 118 cm³/mol. The van der Waals surface area contributed by atoms with Crippen LogP contribution in [0.5, 0.6) is 0 Å². The normalized spacial score (nSPS) is 17.6. The van der Waals surface area contributed by atoms with Crippen LogP contribution < -0.4 is 4.90 Å². The highest BCUT2D eigenvalue weighted by molar-refractivity contribution is 7.89. The predicted octanol–water partition coefficient (Wildman–Crippen LogP) is 3.32. The number of carbonyl (C=O) groups excluding carboxylic acids is 1. The Labute approximate surface area is 179 Å². The van der Waals surface area contributed by atoms with Crippen LogP contribution in [0.1, 0.15) is 40.2 Å². The molecule has 7 nitrogen and oxygen atoms in total. The van der Waals surface area contributed by atoms with Gasteiger partial charge in [-0.25, -0.2) is 8.42 Å². The SMILES string of the molecule is Cc1nn(C)c2sc(C(=O)N3CCc4cc(S(=O)(=O)N5CCCCC5)ccc43)cc12. The third kappa shape index (κ3) is 3.07. The van der Waals surface area contributed by atoms with Gasteiger partial charge in [-0.1, -0.05) is 6.42 Å². The molecule has 30 heavy (non-hydrogen) atoms. The smallest absolute Gasteiger partial charge is 0.268 e. The Hall–Kier alpha value is -2.23. The van der Waals surface area contributed by atoms with Crippen LogP contribution >= 0.6 is 11.3 Å². The summed E-state index contributed by atoms with van der Waals surface area (Å²) in [6, 6.07) is 7.11. The minimum Gasteiger partial charge on any atom is -0.307 e. The first-order valence-electron chi connectivity index (χ1n) is 10.2. The quantitative estimate of drug-likeness (QED) is 0.621. The molecule has 0 spiro atoms. The second-order valence-corrected chi connectivity index (χ2v) is 11.0. The molecule has 1 amide bonds. The zero-order chi connectivity index (χ0) is 21.0. The highest BCUT2D eigenvalue weighted by Crippen LogP contribution is 2.35. The third-order valence-electron chi connectivity index (χ3n) is 6.05. The molecule has 4 heterocycles. The molecule has 0 atom stereocenters. The van der Waals surface area contributed by atoms with Gasteiger partial charge in [-0.05, 0) is 56.0 Å². The maximum Gasteiger partial charge on any atom is 0.268 e. The van der Waals surface area contributed by atoms with Crippen molar-refractivity contribution in [3.63, 3.8) is 0 Å². The second kappa shape index (κ2) is 7.18. The van der Waals surface area contributed by atoms with Gasteiger partial charge in [0.15, 0.2) is 0 Å². The Morgan fingerprint density at radius 1 is 1.10 bits per heavy atom. The molecule has 1 aromatic carbocycles. The van der Waals surface area contributed by atoms with Gasteiger partial charge in [0.2, 0.25) is 10.0 Å². The lowest BCUT2D eigenvalue weighted by Gasteiger charge is -2.26. The maximum absolute atomic E-state index is 13.2. The number of aryl methyl sites for hydroxylation is 2. The van der Waals surface area contributed by atoms with Crippen LogP contribution in [0.2, 0.25) is 0 Å². The topological polar surface area (TPSA) is 75.5 Å². The first kappa shape index (κ1) is 19.7. The van der Waals surface area contributed by atoms with Crippen molar-refractivity contribution in [1.29, 1.82) is 0 Å². The van der Waals surface area contributed by atoms with E-state index in [4.69, 9.17) is 0 Å². The monoisotopic (exact) mass is 444 g/mol. The van der Waals surface area contributed by atoms with E-state index in [-0.39, 0.29) is 5.91 Å². The highest BCUT2D eigenvalue weighted by Gasteiger charge is 2.31. The average Bonchev–Trinajstić information content (AvgIpc) is 3.44. The zero-order valence-corrected chi connectivity index (χ0v) is 18.7. The van der Waals surface area contributed by atoms with Gasteiger partial charge >= 0.3 is 0 Å². The van der Waals surface area contributed by atoms with E-state index in [0.717, 1.165) is 46.4 Å². The Balaban J connectivity index is 1.44. The van der Waals surface area contributed by atoms with Crippen molar-refractivity contribution in [2.24, 2.45) is 7.05 Å². The van der Waals surface area contributed by atoms with Gasteiger partial charge in [0.1, 0.15) is 4.83 Å². The average molecular weight is 445 g/mol. The largest absolute Gasteiger partial charge is 0.307 e. The van der Waals surface area contributed by atoms with Gasteiger partial charge in [0.05, 0.1) is 15.5 Å². The highest BCUT2D eigenvalue weighted by atomic mass is 32.2. The molecule has 0 N–H and O–H groups in total. The summed E-state index contributed by atoms with van der Waals surface area (Å²) < 4.78 is 29.4. The minimum atomic E-state index is -3.47. The number of sulfonamides is 1. The number of aromatic nitrogens is 2. The fraction of sp³-hybridized carbons (Fsp3) is 0.429. The molecule has 158 valence electrons. The molecule has 1 saturated heterocycles. The lowest BCUT2D eigenvalue weighted by molar-refractivity contribution is 0.0993. The molecule has 0 aliphatic carbocycles. The Kier molecular flexibility index (Phi) is 4.72. The molecule has 0 radical (unpaired) electrons. The number of hydrogen-bond donors (Lipinski definition) is 0. The van der Waals surface area contributed by atoms with Crippen LogP contribution in [0.3, 0.4) is 0 Å². The molecule has 0 bridgehead atoms. The number of amides is 1. The first-order chi connectivity index (χ1) is 14.4. The molecule has 2 aliphatic rings. The lowest BCUT2D eigenvalue weighted by Crippen LogP contribution is -2.35. The molecular weight excluding hydrogens is 420 g/mol. The van der Waals surface area contributed by atoms with Crippen molar-refractivity contribution in [1.82, 2.24) is 14.1 Å². The standard InChI is InChI=1S/C21H24N4O3S2/c1-14-17-13-19(29-21(17)23(2)22-14)20(26)25-11-8-15-12-16(6-7-18(15)25)30(27,28)24-9-4-3-5-10-24/h6-7,12-13H,3-5,8-11H2,1-2H3. The van der Waals surface area contributed by atoms with Crippen molar-refractivity contribution in [2.45, 2.75) is 37.5 Å². The Morgan fingerprint density at radius 3 is 2.60 bits per heavy atom. The van der Waals surface area contributed by atoms with E-state index in [1.165, 1.54) is 11.3 Å². The number of fused-ring (bicyclic) bond motifs is 2. The van der Waals surface area contributed by atoms with Crippen molar-refractivity contribution < 1.29 is 13.2 Å². The van der Waals surface area contributed by atoms with Crippen LogP contribution in [-0.2, 0) is 23.5 Å². The number of thiophene rings is 1. The number of hydrogen-bond acceptors (Lipinski definition) is 5. The van der Waals surface area contributed by atoms with Gasteiger partial charge in [-0.15, -0.1) is 11.3 Å². The number of piperidine rings is 1. The van der Waals surface area contributed by atoms with Gasteiger partial charge < -0.3 is 4.90 Å². The number of rotatable bonds is 3. The van der Waals surface area contributed by atoms with Gasteiger partial charge in [0, 0.05) is 37.8 Å². The molecule has 2 aliphatic heterocycles. The van der Waals surface area contributed by atoms with E-state index < -0.39 is 10.0 Å². The summed E-state index contributed by atoms with van der Waals surface area (Å²) in [5, 5.41) is 5.40. The maximum atomic E-state index is 13.2. The summed E-state index contributed by atoms with van der Waals surface area (Å²) >= 11 is 1.45. The number of carbonyl (C=O) groups is 1. The first-order valence-corrected chi connectivity index (χ1v) is 12.5. The van der Waals surface area contributed by atoms with Crippen molar-refractivity contribution in [2.75, 3.05) is 24.5 Å². The van der Waals surface area contributed by atoms with E-state index in [9.17, 15) is 13.2 Å². The Bertz CT molecular complexity index is 1220. The van der Waals surface area contributed by atoms with E-state index in [0.29, 0.717) is 35.8 Å². The van der Waals surface area contributed by atoms with Crippen molar-refractivity contribution in [3.8, 4) is 0 Å². The fourth-order valence-electron chi connectivity index (χ4n) is 4.45. The van der Waals surface area contributed by atoms with Crippen LogP contribution in [-0.4, -0.2) is 48.0 Å². The van der Waals surface area contributed by atoms with E-state index in [1.54, 1.807) is 27.4 Å². The Morgan fingerprint density at radius 2 is 1.87 bits per heavy atom. The van der Waals surface area contributed by atoms with E-state index >= 15 is 0 Å². The lowest BCUT2D eigenvalue weighted by atomic mass is 10.2. The summed E-state index contributed by atoms with van der Waals surface area (Å²) in [5.74, 6) is -0.0408. The third-order valence-corrected chi connectivity index (χ3v) is 9.14. The van der Waals surface area contributed by atoms with E-state index in [1.807, 2.05) is 24.7 Å². The fourth-order valence-corrected chi connectivity index (χ4v) is 7.09. The number of nitrogens with zero attached hydrogens (tertiary/aromatic N) is 4. The van der Waals surface area contributed by atoms with Crippen molar-refractivity contribution >= 4 is 43.2 Å². The van der Waals surface area contributed by atoms with Crippen LogP contribution in [0.15, 0.2) is 29.2 Å². The van der Waals surface area contributed by atoms with Gasteiger partial charge in [-0.3, -0.25) is 9.48 Å². The molecule has 9 heteroatoms. The van der Waals surface area contributed by atoms with Gasteiger partial charge in [0.25, 0.3) is 5.91 Å². The summed E-state index contributed by atoms with van der Waals surface area (Å²) in [6.07, 6.45) is 3.57. The zero-order valence-electron chi connectivity index (χ0n) is 17.1. The molecule has 5 rings (SSSR count). The van der Waals surface area contributed by atoms with Crippen molar-refractivity contribution in [3.05, 3.63) is 40.4 Å². The molecule has 2 aromatic heterocycles. The van der Waals surface area contributed by atoms with Crippen LogP contribution in [0.25, 0.3) is 10.2 Å². The molecular formula is C21H24N4O3S2. The second-order valence-electron chi connectivity index (χ2n) is 8.00.